The van der Waals surface area contributed by atoms with Crippen LogP contribution in [-0.2, 0) is 11.2 Å². The second-order valence-corrected chi connectivity index (χ2v) is 6.22. The van der Waals surface area contributed by atoms with E-state index in [-0.39, 0.29) is 5.82 Å². The van der Waals surface area contributed by atoms with E-state index in [1.807, 2.05) is 6.07 Å². The number of rotatable bonds is 4. The summed E-state index contributed by atoms with van der Waals surface area (Å²) in [6, 6.07) is 7.29. The maximum absolute atomic E-state index is 13.1. The van der Waals surface area contributed by atoms with Gasteiger partial charge in [0.2, 0.25) is 0 Å². The van der Waals surface area contributed by atoms with Gasteiger partial charge < -0.3 is 15.2 Å². The third-order valence-corrected chi connectivity index (χ3v) is 4.31. The summed E-state index contributed by atoms with van der Waals surface area (Å²) in [7, 11) is 0. The number of nitrogens with one attached hydrogen (secondary N) is 1. The van der Waals surface area contributed by atoms with Gasteiger partial charge in [-0.1, -0.05) is 12.1 Å². The van der Waals surface area contributed by atoms with Crippen molar-refractivity contribution in [1.82, 2.24) is 5.32 Å². The number of hydrogen-bond acceptors (Lipinski definition) is 3. The molecular weight excluding hydrogens is 257 g/mol. The van der Waals surface area contributed by atoms with Gasteiger partial charge in [0, 0.05) is 25.1 Å². The fraction of sp³-hybridized carbons (Fsp3) is 0.625. The summed E-state index contributed by atoms with van der Waals surface area (Å²) >= 11 is 0. The molecule has 0 radical (unpaired) electrons. The highest BCUT2D eigenvalue weighted by atomic mass is 19.1. The predicted octanol–water partition coefficient (Wildman–Crippen LogP) is 2.03. The van der Waals surface area contributed by atoms with Crippen molar-refractivity contribution in [3.8, 4) is 0 Å². The van der Waals surface area contributed by atoms with E-state index in [0.717, 1.165) is 44.5 Å². The summed E-state index contributed by atoms with van der Waals surface area (Å²) in [5.74, 6) is -0.237. The molecule has 1 aromatic carbocycles. The second kappa shape index (κ2) is 5.80. The molecule has 0 aromatic heterocycles. The summed E-state index contributed by atoms with van der Waals surface area (Å²) in [5.41, 5.74) is 0.188. The molecule has 2 fully saturated rings. The van der Waals surface area contributed by atoms with Crippen LogP contribution < -0.4 is 5.32 Å². The van der Waals surface area contributed by atoms with Gasteiger partial charge in [-0.25, -0.2) is 4.39 Å². The predicted molar refractivity (Wildman–Crippen MR) is 75.1 cm³/mol. The van der Waals surface area contributed by atoms with Gasteiger partial charge in [0.25, 0.3) is 0 Å². The van der Waals surface area contributed by atoms with E-state index in [0.29, 0.717) is 18.5 Å². The zero-order chi connectivity index (χ0) is 14.0. The lowest BCUT2D eigenvalue weighted by Crippen LogP contribution is -2.58. The summed E-state index contributed by atoms with van der Waals surface area (Å²) in [5, 5.41) is 14.0. The van der Waals surface area contributed by atoms with Crippen molar-refractivity contribution in [1.29, 1.82) is 0 Å². The Labute approximate surface area is 119 Å². The largest absolute Gasteiger partial charge is 0.389 e. The van der Waals surface area contributed by atoms with Gasteiger partial charge >= 0.3 is 0 Å². The topological polar surface area (TPSA) is 41.5 Å². The molecule has 0 spiro atoms. The highest BCUT2D eigenvalue weighted by molar-refractivity contribution is 5.20. The number of hydrogen-bond donors (Lipinski definition) is 2. The summed E-state index contributed by atoms with van der Waals surface area (Å²) in [6.07, 6.45) is 4.26. The molecule has 110 valence electrons. The zero-order valence-electron chi connectivity index (χ0n) is 11.6. The minimum Gasteiger partial charge on any atom is -0.389 e. The van der Waals surface area contributed by atoms with Gasteiger partial charge in [0.15, 0.2) is 0 Å². The highest BCUT2D eigenvalue weighted by Gasteiger charge is 2.43. The number of halogens is 1. The van der Waals surface area contributed by atoms with Gasteiger partial charge in [-0.3, -0.25) is 0 Å². The van der Waals surface area contributed by atoms with Gasteiger partial charge in [-0.2, -0.15) is 0 Å². The molecule has 1 aliphatic carbocycles. The SMILES string of the molecule is OC1(Cc2cccc(F)c2)CC(NC2CCCOC2)C1. The van der Waals surface area contributed by atoms with E-state index in [1.54, 1.807) is 6.07 Å². The molecule has 1 heterocycles. The average molecular weight is 279 g/mol. The number of aliphatic hydroxyl groups is 1. The van der Waals surface area contributed by atoms with E-state index < -0.39 is 5.60 Å². The van der Waals surface area contributed by atoms with E-state index in [9.17, 15) is 9.50 Å². The molecule has 3 rings (SSSR count). The molecule has 4 heteroatoms. The maximum Gasteiger partial charge on any atom is 0.123 e. The number of ether oxygens (including phenoxy) is 1. The molecule has 1 saturated carbocycles. The Morgan fingerprint density at radius 2 is 2.20 bits per heavy atom. The molecule has 1 aromatic rings. The molecule has 0 bridgehead atoms. The molecule has 1 atom stereocenters. The van der Waals surface area contributed by atoms with Crippen LogP contribution in [0.1, 0.15) is 31.2 Å². The molecular formula is C16H22FNO2. The number of benzene rings is 1. The van der Waals surface area contributed by atoms with Crippen LogP contribution in [0.25, 0.3) is 0 Å². The molecule has 2 N–H and O–H groups in total. The first-order valence-corrected chi connectivity index (χ1v) is 7.44. The van der Waals surface area contributed by atoms with Crippen LogP contribution in [0.3, 0.4) is 0 Å². The second-order valence-electron chi connectivity index (χ2n) is 6.22. The summed E-state index contributed by atoms with van der Waals surface area (Å²) in [4.78, 5) is 0. The maximum atomic E-state index is 13.1. The van der Waals surface area contributed by atoms with E-state index in [2.05, 4.69) is 5.32 Å². The molecule has 1 aliphatic heterocycles. The minimum atomic E-state index is -0.680. The van der Waals surface area contributed by atoms with Crippen molar-refractivity contribution in [2.24, 2.45) is 0 Å². The van der Waals surface area contributed by atoms with Crippen LogP contribution in [0.4, 0.5) is 4.39 Å². The third kappa shape index (κ3) is 3.37. The van der Waals surface area contributed by atoms with Crippen LogP contribution in [0.15, 0.2) is 24.3 Å². The summed E-state index contributed by atoms with van der Waals surface area (Å²) in [6.45, 7) is 1.64. The van der Waals surface area contributed by atoms with Crippen molar-refractivity contribution >= 4 is 0 Å². The highest BCUT2D eigenvalue weighted by Crippen LogP contribution is 2.36. The smallest absolute Gasteiger partial charge is 0.123 e. The lowest BCUT2D eigenvalue weighted by molar-refractivity contribution is -0.0625. The zero-order valence-corrected chi connectivity index (χ0v) is 11.6. The van der Waals surface area contributed by atoms with Crippen molar-refractivity contribution in [3.63, 3.8) is 0 Å². The molecule has 2 aliphatic rings. The van der Waals surface area contributed by atoms with E-state index in [4.69, 9.17) is 4.74 Å². The lowest BCUT2D eigenvalue weighted by atomic mass is 9.72. The van der Waals surface area contributed by atoms with E-state index in [1.165, 1.54) is 12.1 Å². The van der Waals surface area contributed by atoms with Gasteiger partial charge in [0.1, 0.15) is 5.82 Å². The Balaban J connectivity index is 1.48. The molecule has 1 unspecified atom stereocenters. The third-order valence-electron chi connectivity index (χ3n) is 4.31. The quantitative estimate of drug-likeness (QED) is 0.886. The van der Waals surface area contributed by atoms with Crippen LogP contribution in [0.5, 0.6) is 0 Å². The van der Waals surface area contributed by atoms with Crippen molar-refractivity contribution in [3.05, 3.63) is 35.6 Å². The van der Waals surface area contributed by atoms with Crippen LogP contribution in [0, 0.1) is 5.82 Å². The Kier molecular flexibility index (Phi) is 4.06. The lowest BCUT2D eigenvalue weighted by Gasteiger charge is -2.46. The van der Waals surface area contributed by atoms with Crippen molar-refractivity contribution < 1.29 is 14.2 Å². The van der Waals surface area contributed by atoms with Crippen LogP contribution in [0.2, 0.25) is 0 Å². The fourth-order valence-electron chi connectivity index (χ4n) is 3.35. The fourth-order valence-corrected chi connectivity index (χ4v) is 3.35. The normalized spacial score (nSPS) is 33.7. The minimum absolute atomic E-state index is 0.237. The molecule has 1 saturated heterocycles. The average Bonchev–Trinajstić information content (AvgIpc) is 2.38. The van der Waals surface area contributed by atoms with Gasteiger partial charge in [0.05, 0.1) is 12.2 Å². The Morgan fingerprint density at radius 3 is 2.90 bits per heavy atom. The van der Waals surface area contributed by atoms with Crippen molar-refractivity contribution in [2.45, 2.75) is 49.8 Å². The summed E-state index contributed by atoms with van der Waals surface area (Å²) < 4.78 is 18.6. The van der Waals surface area contributed by atoms with Crippen LogP contribution in [-0.4, -0.2) is 36.0 Å². The first kappa shape index (κ1) is 14.0. The Bertz CT molecular complexity index is 454. The monoisotopic (exact) mass is 279 g/mol. The van der Waals surface area contributed by atoms with E-state index >= 15 is 0 Å². The Hall–Kier alpha value is -0.970. The molecule has 20 heavy (non-hydrogen) atoms. The first-order valence-electron chi connectivity index (χ1n) is 7.44. The Morgan fingerprint density at radius 1 is 1.35 bits per heavy atom. The molecule has 3 nitrogen and oxygen atoms in total. The van der Waals surface area contributed by atoms with Gasteiger partial charge in [-0.15, -0.1) is 0 Å². The standard InChI is InChI=1S/C16H22FNO2/c17-13-4-1-3-12(7-13)8-16(19)9-15(10-16)18-14-5-2-6-20-11-14/h1,3-4,7,14-15,18-19H,2,5-6,8-11H2. The van der Waals surface area contributed by atoms with Crippen molar-refractivity contribution in [2.75, 3.05) is 13.2 Å². The van der Waals surface area contributed by atoms with Crippen LogP contribution >= 0.6 is 0 Å². The first-order chi connectivity index (χ1) is 9.63. The van der Waals surface area contributed by atoms with Gasteiger partial charge in [-0.05, 0) is 43.4 Å². The molecule has 0 amide bonds.